The molecular formula is C25H44O6S2. The number of thioether (sulfide) groups is 1. The third-order valence-electron chi connectivity index (χ3n) is 4.97. The van der Waals surface area contributed by atoms with E-state index in [1.807, 2.05) is 34.6 Å². The highest BCUT2D eigenvalue weighted by Crippen LogP contribution is 2.20. The van der Waals surface area contributed by atoms with Gasteiger partial charge in [-0.2, -0.15) is 8.42 Å². The lowest BCUT2D eigenvalue weighted by molar-refractivity contribution is -0.109. The minimum absolute atomic E-state index is 0.222. The van der Waals surface area contributed by atoms with Gasteiger partial charge in [-0.05, 0) is 56.6 Å². The largest absolute Gasteiger partial charge is 0.381 e. The number of hydrogen-bond acceptors (Lipinski definition) is 7. The van der Waals surface area contributed by atoms with Crippen molar-refractivity contribution in [2.75, 3.05) is 38.8 Å². The number of ether oxygens (including phenoxy) is 2. The zero-order valence-electron chi connectivity index (χ0n) is 21.3. The van der Waals surface area contributed by atoms with E-state index in [4.69, 9.17) is 13.7 Å². The van der Waals surface area contributed by atoms with Crippen LogP contribution in [0.25, 0.3) is 0 Å². The fourth-order valence-corrected chi connectivity index (χ4v) is 4.80. The Morgan fingerprint density at radius 3 is 1.82 bits per heavy atom. The van der Waals surface area contributed by atoms with Crippen LogP contribution in [0.4, 0.5) is 0 Å². The smallest absolute Gasteiger partial charge is 0.296 e. The lowest BCUT2D eigenvalue weighted by Gasteiger charge is -2.21. The summed E-state index contributed by atoms with van der Waals surface area (Å²) in [5.41, 5.74) is 1.03. The van der Waals surface area contributed by atoms with E-state index in [-0.39, 0.29) is 22.5 Å². The van der Waals surface area contributed by atoms with Crippen LogP contribution in [-0.4, -0.2) is 52.3 Å². The first-order chi connectivity index (χ1) is 15.9. The van der Waals surface area contributed by atoms with Crippen LogP contribution < -0.4 is 0 Å². The highest BCUT2D eigenvalue weighted by Gasteiger charge is 2.20. The van der Waals surface area contributed by atoms with Crippen molar-refractivity contribution >= 4 is 27.0 Å². The number of benzene rings is 1. The first kappa shape index (κ1) is 32.1. The molecule has 6 nitrogen and oxygen atoms in total. The topological polar surface area (TPSA) is 78.9 Å². The van der Waals surface area contributed by atoms with Gasteiger partial charge in [0.2, 0.25) is 0 Å². The van der Waals surface area contributed by atoms with Crippen LogP contribution >= 0.6 is 11.8 Å². The molecule has 0 radical (unpaired) electrons. The van der Waals surface area contributed by atoms with Crippen molar-refractivity contribution in [3.05, 3.63) is 29.8 Å². The average molecular weight is 505 g/mol. The molecular weight excluding hydrogens is 460 g/mol. The van der Waals surface area contributed by atoms with Gasteiger partial charge in [0, 0.05) is 39.1 Å². The molecule has 33 heavy (non-hydrogen) atoms. The molecule has 0 unspecified atom stereocenters. The molecule has 2 saturated heterocycles. The molecule has 0 saturated carbocycles. The fraction of sp³-hybridized carbons (Fsp3) is 0.720. The van der Waals surface area contributed by atoms with Gasteiger partial charge in [0.25, 0.3) is 10.1 Å². The number of rotatable bonds is 6. The standard InChI is InChI=1S/C13H18O4S.C8H14O2S.2C2H6/c1-11-2-4-13(5-3-11)18(14,15)17-10-12-6-8-16-9-7-12;1-7(9)11-6-8-2-4-10-5-3-8;2*1-2/h2-5,12H,6-10H2,1H3;8H,2-6H2,1H3;2*1-2H3. The molecule has 2 aliphatic rings. The van der Waals surface area contributed by atoms with Gasteiger partial charge in [-0.3, -0.25) is 8.98 Å². The molecule has 0 spiro atoms. The van der Waals surface area contributed by atoms with E-state index < -0.39 is 10.1 Å². The van der Waals surface area contributed by atoms with Crippen molar-refractivity contribution in [3.8, 4) is 0 Å². The van der Waals surface area contributed by atoms with E-state index in [9.17, 15) is 13.2 Å². The molecule has 1 aromatic rings. The maximum atomic E-state index is 11.9. The van der Waals surface area contributed by atoms with Crippen LogP contribution in [0.5, 0.6) is 0 Å². The Bertz CT molecular complexity index is 707. The predicted octanol–water partition coefficient (Wildman–Crippen LogP) is 5.87. The summed E-state index contributed by atoms with van der Waals surface area (Å²) < 4.78 is 39.4. The van der Waals surface area contributed by atoms with Crippen molar-refractivity contribution in [3.63, 3.8) is 0 Å². The molecule has 2 heterocycles. The number of aryl methyl sites for hydroxylation is 1. The number of carbonyl (C=O) groups is 1. The number of carbonyl (C=O) groups excluding carboxylic acids is 1. The summed E-state index contributed by atoms with van der Waals surface area (Å²) in [6, 6.07) is 6.69. The van der Waals surface area contributed by atoms with E-state index in [2.05, 4.69) is 0 Å². The molecule has 0 bridgehead atoms. The Hall–Kier alpha value is -0.930. The molecule has 0 amide bonds. The van der Waals surface area contributed by atoms with Crippen molar-refractivity contribution < 1.29 is 26.9 Å². The Morgan fingerprint density at radius 1 is 0.909 bits per heavy atom. The van der Waals surface area contributed by atoms with Crippen LogP contribution in [-0.2, 0) is 28.6 Å². The molecule has 2 aliphatic heterocycles. The van der Waals surface area contributed by atoms with E-state index in [1.165, 1.54) is 11.8 Å². The molecule has 2 fully saturated rings. The minimum Gasteiger partial charge on any atom is -0.381 e. The predicted molar refractivity (Wildman–Crippen MR) is 137 cm³/mol. The first-order valence-electron chi connectivity index (χ1n) is 12.1. The van der Waals surface area contributed by atoms with Crippen LogP contribution in [0.15, 0.2) is 29.2 Å². The molecule has 3 rings (SSSR count). The van der Waals surface area contributed by atoms with Gasteiger partial charge < -0.3 is 9.47 Å². The second-order valence-corrected chi connectivity index (χ2v) is 10.3. The SMILES string of the molecule is CC.CC.CC(=O)SCC1CCOCC1.Cc1ccc(S(=O)(=O)OCC2CCOCC2)cc1. The number of hydrogen-bond donors (Lipinski definition) is 0. The lowest BCUT2D eigenvalue weighted by atomic mass is 10.0. The monoisotopic (exact) mass is 504 g/mol. The summed E-state index contributed by atoms with van der Waals surface area (Å²) in [5, 5.41) is 0.233. The summed E-state index contributed by atoms with van der Waals surface area (Å²) in [6.07, 6.45) is 3.98. The molecule has 0 atom stereocenters. The quantitative estimate of drug-likeness (QED) is 0.448. The van der Waals surface area contributed by atoms with E-state index >= 15 is 0 Å². The van der Waals surface area contributed by atoms with Crippen molar-refractivity contribution in [1.29, 1.82) is 0 Å². The Labute approximate surface area is 206 Å². The Kier molecular flexibility index (Phi) is 18.8. The molecule has 0 aromatic heterocycles. The van der Waals surface area contributed by atoms with E-state index in [0.717, 1.165) is 50.2 Å². The second-order valence-electron chi connectivity index (χ2n) is 7.47. The first-order valence-corrected chi connectivity index (χ1v) is 14.5. The van der Waals surface area contributed by atoms with Crippen molar-refractivity contribution in [2.45, 2.75) is 72.1 Å². The zero-order valence-corrected chi connectivity index (χ0v) is 22.9. The zero-order chi connectivity index (χ0) is 25.1. The minimum atomic E-state index is -3.62. The van der Waals surface area contributed by atoms with Gasteiger partial charge in [0.15, 0.2) is 5.12 Å². The van der Waals surface area contributed by atoms with E-state index in [0.29, 0.717) is 19.1 Å². The third-order valence-corrected chi connectivity index (χ3v) is 7.31. The highest BCUT2D eigenvalue weighted by molar-refractivity contribution is 8.13. The fourth-order valence-electron chi connectivity index (χ4n) is 3.02. The van der Waals surface area contributed by atoms with Gasteiger partial charge in [0.05, 0.1) is 11.5 Å². The van der Waals surface area contributed by atoms with Crippen LogP contribution in [0.1, 0.15) is 65.9 Å². The summed E-state index contributed by atoms with van der Waals surface area (Å²) in [6.45, 7) is 14.9. The van der Waals surface area contributed by atoms with Gasteiger partial charge >= 0.3 is 0 Å². The summed E-state index contributed by atoms with van der Waals surface area (Å²) in [7, 11) is -3.62. The molecule has 0 N–H and O–H groups in total. The molecule has 0 aliphatic carbocycles. The van der Waals surface area contributed by atoms with Crippen molar-refractivity contribution in [1.82, 2.24) is 0 Å². The third kappa shape index (κ3) is 14.8. The molecule has 8 heteroatoms. The highest BCUT2D eigenvalue weighted by atomic mass is 32.2. The maximum absolute atomic E-state index is 11.9. The average Bonchev–Trinajstić information content (AvgIpc) is 2.86. The van der Waals surface area contributed by atoms with Gasteiger partial charge in [-0.15, -0.1) is 0 Å². The summed E-state index contributed by atoms with van der Waals surface area (Å²) in [5.74, 6) is 1.97. The van der Waals surface area contributed by atoms with Gasteiger partial charge in [0.1, 0.15) is 0 Å². The summed E-state index contributed by atoms with van der Waals surface area (Å²) >= 11 is 1.44. The van der Waals surface area contributed by atoms with Crippen molar-refractivity contribution in [2.24, 2.45) is 11.8 Å². The van der Waals surface area contributed by atoms with Gasteiger partial charge in [-0.1, -0.05) is 57.2 Å². The summed E-state index contributed by atoms with van der Waals surface area (Å²) in [4.78, 5) is 10.8. The Morgan fingerprint density at radius 2 is 1.36 bits per heavy atom. The normalized spacial score (nSPS) is 16.8. The Balaban J connectivity index is 0.000000586. The lowest BCUT2D eigenvalue weighted by Crippen LogP contribution is -2.22. The van der Waals surface area contributed by atoms with Gasteiger partial charge in [-0.25, -0.2) is 0 Å². The molecule has 1 aromatic carbocycles. The van der Waals surface area contributed by atoms with Crippen LogP contribution in [0, 0.1) is 18.8 Å². The van der Waals surface area contributed by atoms with Crippen LogP contribution in [0.2, 0.25) is 0 Å². The molecule has 192 valence electrons. The van der Waals surface area contributed by atoms with Crippen LogP contribution in [0.3, 0.4) is 0 Å². The maximum Gasteiger partial charge on any atom is 0.296 e. The second kappa shape index (κ2) is 19.4. The van der Waals surface area contributed by atoms with E-state index in [1.54, 1.807) is 31.2 Å².